The molecule has 6 nitrogen and oxygen atoms in total. The number of furan rings is 1. The number of hydrogen-bond donors (Lipinski definition) is 0. The lowest BCUT2D eigenvalue weighted by Gasteiger charge is -2.08. The molecule has 0 saturated carbocycles. The molecule has 0 unspecified atom stereocenters. The molecule has 0 aliphatic heterocycles. The van der Waals surface area contributed by atoms with E-state index in [2.05, 4.69) is 9.97 Å². The fourth-order valence-electron chi connectivity index (χ4n) is 3.37. The van der Waals surface area contributed by atoms with Gasteiger partial charge >= 0.3 is 5.97 Å². The van der Waals surface area contributed by atoms with Gasteiger partial charge in [0.25, 0.3) is 0 Å². The van der Waals surface area contributed by atoms with E-state index in [4.69, 9.17) is 13.6 Å². The Bertz CT molecular complexity index is 1360. The maximum absolute atomic E-state index is 13.0. The van der Waals surface area contributed by atoms with Gasteiger partial charge in [-0.1, -0.05) is 36.4 Å². The lowest BCUT2D eigenvalue weighted by Crippen LogP contribution is -2.08. The number of aryl methyl sites for hydroxylation is 1. The highest BCUT2D eigenvalue weighted by Gasteiger charge is 2.18. The Balaban J connectivity index is 1.43. The van der Waals surface area contributed by atoms with E-state index in [0.717, 1.165) is 5.56 Å². The summed E-state index contributed by atoms with van der Waals surface area (Å²) in [4.78, 5) is 22.1. The van der Waals surface area contributed by atoms with Crippen molar-refractivity contribution in [2.75, 3.05) is 0 Å². The van der Waals surface area contributed by atoms with Crippen molar-refractivity contribution >= 4 is 16.9 Å². The number of aromatic nitrogens is 2. The Morgan fingerprint density at radius 3 is 2.58 bits per heavy atom. The molecule has 3 heterocycles. The first-order chi connectivity index (χ1) is 15.2. The van der Waals surface area contributed by atoms with Crippen LogP contribution in [0.2, 0.25) is 0 Å². The Kier molecular flexibility index (Phi) is 4.80. The minimum absolute atomic E-state index is 0.00767. The number of esters is 1. The van der Waals surface area contributed by atoms with E-state index in [9.17, 15) is 4.79 Å². The second-order valence-corrected chi connectivity index (χ2v) is 7.01. The molecule has 0 aliphatic carbocycles. The van der Waals surface area contributed by atoms with Crippen LogP contribution >= 0.6 is 0 Å². The zero-order valence-electron chi connectivity index (χ0n) is 16.7. The summed E-state index contributed by atoms with van der Waals surface area (Å²) in [5.74, 6) is 1.23. The molecule has 2 aromatic carbocycles. The number of rotatable bonds is 5. The molecule has 0 bridgehead atoms. The minimum Gasteiger partial charge on any atom is -0.463 e. The van der Waals surface area contributed by atoms with Crippen LogP contribution in [0.3, 0.4) is 0 Å². The number of fused-ring (bicyclic) bond motifs is 1. The second kappa shape index (κ2) is 7.91. The molecular weight excluding hydrogens is 392 g/mol. The van der Waals surface area contributed by atoms with Crippen molar-refractivity contribution in [2.24, 2.45) is 0 Å². The standard InChI is InChI=1S/C25H18N2O4/c1-16-22(27-24(31-16)17-8-3-2-4-9-17)15-30-25(28)19-14-21(23-12-7-13-29-23)26-20-11-6-5-10-18(19)20/h2-14H,15H2,1H3. The number of benzene rings is 2. The minimum atomic E-state index is -0.463. The van der Waals surface area contributed by atoms with Gasteiger partial charge in [-0.25, -0.2) is 14.8 Å². The van der Waals surface area contributed by atoms with Crippen LogP contribution in [-0.4, -0.2) is 15.9 Å². The van der Waals surface area contributed by atoms with Crippen LogP contribution in [0.1, 0.15) is 21.8 Å². The van der Waals surface area contributed by atoms with E-state index in [1.54, 1.807) is 31.4 Å². The molecule has 0 radical (unpaired) electrons. The number of oxazole rings is 1. The fourth-order valence-corrected chi connectivity index (χ4v) is 3.37. The molecule has 0 spiro atoms. The summed E-state index contributed by atoms with van der Waals surface area (Å²) in [5.41, 5.74) is 3.12. The van der Waals surface area contributed by atoms with Gasteiger partial charge in [0.1, 0.15) is 23.8 Å². The first-order valence-electron chi connectivity index (χ1n) is 9.81. The van der Waals surface area contributed by atoms with Gasteiger partial charge in [0.05, 0.1) is 17.3 Å². The van der Waals surface area contributed by atoms with E-state index in [1.165, 1.54) is 0 Å². The fraction of sp³-hybridized carbons (Fsp3) is 0.0800. The largest absolute Gasteiger partial charge is 0.463 e. The van der Waals surface area contributed by atoms with E-state index in [-0.39, 0.29) is 6.61 Å². The molecule has 6 heteroatoms. The van der Waals surface area contributed by atoms with Gasteiger partial charge in [-0.2, -0.15) is 0 Å². The molecule has 0 atom stereocenters. The van der Waals surface area contributed by atoms with Gasteiger partial charge in [0, 0.05) is 10.9 Å². The number of hydrogen-bond acceptors (Lipinski definition) is 6. The first-order valence-corrected chi connectivity index (χ1v) is 9.81. The molecule has 0 saturated heterocycles. The maximum Gasteiger partial charge on any atom is 0.339 e. The summed E-state index contributed by atoms with van der Waals surface area (Å²) >= 11 is 0. The van der Waals surface area contributed by atoms with Gasteiger partial charge in [0.2, 0.25) is 5.89 Å². The average molecular weight is 410 g/mol. The van der Waals surface area contributed by atoms with Crippen LogP contribution in [0, 0.1) is 6.92 Å². The van der Waals surface area contributed by atoms with Gasteiger partial charge in [-0.3, -0.25) is 0 Å². The highest BCUT2D eigenvalue weighted by molar-refractivity contribution is 6.04. The van der Waals surface area contributed by atoms with Crippen LogP contribution < -0.4 is 0 Å². The SMILES string of the molecule is Cc1oc(-c2ccccc2)nc1COC(=O)c1cc(-c2ccco2)nc2ccccc12. The molecule has 0 amide bonds. The second-order valence-electron chi connectivity index (χ2n) is 7.01. The van der Waals surface area contributed by atoms with Crippen LogP contribution in [0.4, 0.5) is 0 Å². The molecule has 0 fully saturated rings. The van der Waals surface area contributed by atoms with E-state index < -0.39 is 5.97 Å². The van der Waals surface area contributed by atoms with Crippen molar-refractivity contribution in [3.05, 3.63) is 96.1 Å². The normalized spacial score (nSPS) is 11.0. The predicted octanol–water partition coefficient (Wildman–Crippen LogP) is 5.82. The number of para-hydroxylation sites is 1. The van der Waals surface area contributed by atoms with Crippen molar-refractivity contribution in [3.63, 3.8) is 0 Å². The molecule has 5 rings (SSSR count). The van der Waals surface area contributed by atoms with Crippen molar-refractivity contribution in [3.8, 4) is 22.9 Å². The zero-order valence-corrected chi connectivity index (χ0v) is 16.7. The zero-order chi connectivity index (χ0) is 21.2. The van der Waals surface area contributed by atoms with E-state index in [1.807, 2.05) is 54.6 Å². The Morgan fingerprint density at radius 1 is 0.968 bits per heavy atom. The lowest BCUT2D eigenvalue weighted by atomic mass is 10.1. The number of nitrogens with zero attached hydrogens (tertiary/aromatic N) is 2. The lowest BCUT2D eigenvalue weighted by molar-refractivity contribution is 0.0469. The molecule has 5 aromatic rings. The van der Waals surface area contributed by atoms with Crippen molar-refractivity contribution in [1.82, 2.24) is 9.97 Å². The third-order valence-corrected chi connectivity index (χ3v) is 4.96. The van der Waals surface area contributed by atoms with E-state index in [0.29, 0.717) is 45.3 Å². The van der Waals surface area contributed by atoms with Crippen molar-refractivity contribution < 1.29 is 18.4 Å². The van der Waals surface area contributed by atoms with Crippen LogP contribution in [0.15, 0.2) is 87.9 Å². The summed E-state index contributed by atoms with van der Waals surface area (Å²) < 4.78 is 16.8. The monoisotopic (exact) mass is 410 g/mol. The van der Waals surface area contributed by atoms with Crippen molar-refractivity contribution in [1.29, 1.82) is 0 Å². The van der Waals surface area contributed by atoms with Crippen LogP contribution in [0.25, 0.3) is 33.8 Å². The summed E-state index contributed by atoms with van der Waals surface area (Å²) in [6, 6.07) is 22.3. The average Bonchev–Trinajstić information content (AvgIpc) is 3.47. The highest BCUT2D eigenvalue weighted by atomic mass is 16.5. The van der Waals surface area contributed by atoms with Crippen molar-refractivity contribution in [2.45, 2.75) is 13.5 Å². The third-order valence-electron chi connectivity index (χ3n) is 4.96. The number of pyridine rings is 1. The summed E-state index contributed by atoms with van der Waals surface area (Å²) in [6.07, 6.45) is 1.57. The van der Waals surface area contributed by atoms with Crippen LogP contribution in [0.5, 0.6) is 0 Å². The molecule has 3 aromatic heterocycles. The Labute approximate surface area is 178 Å². The first kappa shape index (κ1) is 18.8. The number of carbonyl (C=O) groups is 1. The van der Waals surface area contributed by atoms with Gasteiger partial charge in [0.15, 0.2) is 5.76 Å². The Morgan fingerprint density at radius 2 is 1.77 bits per heavy atom. The van der Waals surface area contributed by atoms with E-state index >= 15 is 0 Å². The van der Waals surface area contributed by atoms with Gasteiger partial charge in [-0.15, -0.1) is 0 Å². The van der Waals surface area contributed by atoms with Gasteiger partial charge < -0.3 is 13.6 Å². The number of ether oxygens (including phenoxy) is 1. The predicted molar refractivity (Wildman–Crippen MR) is 115 cm³/mol. The summed E-state index contributed by atoms with van der Waals surface area (Å²) in [6.45, 7) is 1.81. The maximum atomic E-state index is 13.0. The highest BCUT2D eigenvalue weighted by Crippen LogP contribution is 2.27. The topological polar surface area (TPSA) is 78.4 Å². The summed E-state index contributed by atoms with van der Waals surface area (Å²) in [7, 11) is 0. The quantitative estimate of drug-likeness (QED) is 0.340. The molecule has 0 aliphatic rings. The van der Waals surface area contributed by atoms with Gasteiger partial charge in [-0.05, 0) is 43.3 Å². The van der Waals surface area contributed by atoms with Crippen LogP contribution in [-0.2, 0) is 11.3 Å². The summed E-state index contributed by atoms with van der Waals surface area (Å²) in [5, 5.41) is 0.713. The Hall–Kier alpha value is -4.19. The molecule has 0 N–H and O–H groups in total. The smallest absolute Gasteiger partial charge is 0.339 e. The molecule has 152 valence electrons. The molecular formula is C25H18N2O4. The molecule has 31 heavy (non-hydrogen) atoms. The number of carbonyl (C=O) groups excluding carboxylic acids is 1. The third kappa shape index (κ3) is 3.71.